The molecule has 3 N–H and O–H groups in total. The largest absolute Gasteiger partial charge is 0.376 e. The Bertz CT molecular complexity index is 445. The monoisotopic (exact) mass is 273 g/mol. The summed E-state index contributed by atoms with van der Waals surface area (Å²) in [6.45, 7) is 2.33. The van der Waals surface area contributed by atoms with Gasteiger partial charge in [-0.1, -0.05) is 6.92 Å². The van der Waals surface area contributed by atoms with Crippen molar-refractivity contribution in [3.05, 3.63) is 0 Å². The first-order valence-electron chi connectivity index (χ1n) is 6.29. The van der Waals surface area contributed by atoms with Crippen molar-refractivity contribution in [1.82, 2.24) is 4.72 Å². The zero-order valence-electron chi connectivity index (χ0n) is 10.4. The summed E-state index contributed by atoms with van der Waals surface area (Å²) in [5.41, 5.74) is 5.98. The van der Waals surface area contributed by atoms with E-state index >= 15 is 0 Å². The molecule has 1 heterocycles. The molecule has 1 saturated carbocycles. The second-order valence-electron chi connectivity index (χ2n) is 4.93. The van der Waals surface area contributed by atoms with E-state index in [-0.39, 0.29) is 30.5 Å². The van der Waals surface area contributed by atoms with Gasteiger partial charge < -0.3 is 10.5 Å². The Morgan fingerprint density at radius 3 is 2.94 bits per heavy atom. The van der Waals surface area contributed by atoms with Gasteiger partial charge >= 0.3 is 0 Å². The predicted molar refractivity (Wildman–Crippen MR) is 66.0 cm³/mol. The summed E-state index contributed by atoms with van der Waals surface area (Å²) in [5.74, 6) is 0.244. The van der Waals surface area contributed by atoms with Crippen LogP contribution in [-0.4, -0.2) is 38.5 Å². The molecule has 0 aromatic rings. The number of rotatable bonds is 4. The maximum absolute atomic E-state index is 12.0. The van der Waals surface area contributed by atoms with Crippen molar-refractivity contribution in [2.75, 3.05) is 6.61 Å². The lowest BCUT2D eigenvalue weighted by atomic mass is 9.69. The zero-order chi connectivity index (χ0) is 13.3. The predicted octanol–water partition coefficient (Wildman–Crippen LogP) is -0.287. The molecule has 18 heavy (non-hydrogen) atoms. The SMILES string of the molecule is CCC(C#N)S(=O)(=O)NC1C(N)C2CCCOC21. The molecular formula is C11H19N3O3S. The van der Waals surface area contributed by atoms with Crippen LogP contribution in [0.1, 0.15) is 26.2 Å². The third-order valence-corrected chi connectivity index (χ3v) is 5.66. The Morgan fingerprint density at radius 2 is 2.33 bits per heavy atom. The molecule has 7 heteroatoms. The molecule has 5 unspecified atom stereocenters. The van der Waals surface area contributed by atoms with Gasteiger partial charge in [-0.05, 0) is 19.3 Å². The number of hydrogen-bond acceptors (Lipinski definition) is 5. The maximum Gasteiger partial charge on any atom is 0.228 e. The molecule has 2 fully saturated rings. The zero-order valence-corrected chi connectivity index (χ0v) is 11.2. The Hall–Kier alpha value is -0.680. The van der Waals surface area contributed by atoms with Gasteiger partial charge in [0.25, 0.3) is 0 Å². The lowest BCUT2D eigenvalue weighted by Gasteiger charge is -2.52. The van der Waals surface area contributed by atoms with Crippen molar-refractivity contribution in [3.63, 3.8) is 0 Å². The van der Waals surface area contributed by atoms with Crippen LogP contribution in [0.15, 0.2) is 0 Å². The van der Waals surface area contributed by atoms with E-state index in [1.165, 1.54) is 0 Å². The van der Waals surface area contributed by atoms with Crippen LogP contribution in [0.2, 0.25) is 0 Å². The highest BCUT2D eigenvalue weighted by molar-refractivity contribution is 7.90. The summed E-state index contributed by atoms with van der Waals surface area (Å²) >= 11 is 0. The summed E-state index contributed by atoms with van der Waals surface area (Å²) in [4.78, 5) is 0. The molecule has 6 nitrogen and oxygen atoms in total. The van der Waals surface area contributed by atoms with E-state index in [1.807, 2.05) is 0 Å². The average Bonchev–Trinajstić information content (AvgIpc) is 2.37. The van der Waals surface area contributed by atoms with Crippen LogP contribution in [0.3, 0.4) is 0 Å². The van der Waals surface area contributed by atoms with E-state index in [0.717, 1.165) is 12.8 Å². The molecule has 1 saturated heterocycles. The van der Waals surface area contributed by atoms with Gasteiger partial charge in [0, 0.05) is 18.6 Å². The molecule has 2 aliphatic rings. The molecular weight excluding hydrogens is 254 g/mol. The van der Waals surface area contributed by atoms with Gasteiger partial charge in [-0.2, -0.15) is 5.26 Å². The van der Waals surface area contributed by atoms with E-state index in [0.29, 0.717) is 6.61 Å². The van der Waals surface area contributed by atoms with Gasteiger partial charge in [0.1, 0.15) is 0 Å². The number of nitrogens with zero attached hydrogens (tertiary/aromatic N) is 1. The second-order valence-corrected chi connectivity index (χ2v) is 6.83. The fourth-order valence-electron chi connectivity index (χ4n) is 2.75. The van der Waals surface area contributed by atoms with Crippen molar-refractivity contribution < 1.29 is 13.2 Å². The van der Waals surface area contributed by atoms with Crippen LogP contribution in [0.4, 0.5) is 0 Å². The van der Waals surface area contributed by atoms with Crippen molar-refractivity contribution in [1.29, 1.82) is 5.26 Å². The Morgan fingerprint density at radius 1 is 1.61 bits per heavy atom. The summed E-state index contributed by atoms with van der Waals surface area (Å²) in [5, 5.41) is 7.81. The highest BCUT2D eigenvalue weighted by atomic mass is 32.2. The fourth-order valence-corrected chi connectivity index (χ4v) is 4.16. The van der Waals surface area contributed by atoms with Crippen LogP contribution < -0.4 is 10.5 Å². The number of nitrogens with two attached hydrogens (primary N) is 1. The topological polar surface area (TPSA) is 105 Å². The van der Waals surface area contributed by atoms with Gasteiger partial charge in [-0.25, -0.2) is 13.1 Å². The van der Waals surface area contributed by atoms with Gasteiger partial charge in [0.05, 0.1) is 18.2 Å². The van der Waals surface area contributed by atoms with E-state index in [1.54, 1.807) is 13.0 Å². The highest BCUT2D eigenvalue weighted by Crippen LogP contribution is 2.37. The van der Waals surface area contributed by atoms with Crippen LogP contribution in [-0.2, 0) is 14.8 Å². The van der Waals surface area contributed by atoms with Crippen molar-refractivity contribution in [2.24, 2.45) is 11.7 Å². The Balaban J connectivity index is 2.04. The number of sulfonamides is 1. The van der Waals surface area contributed by atoms with E-state index in [9.17, 15) is 8.42 Å². The van der Waals surface area contributed by atoms with Gasteiger partial charge in [0.15, 0.2) is 5.25 Å². The van der Waals surface area contributed by atoms with Gasteiger partial charge in [-0.3, -0.25) is 0 Å². The Kier molecular flexibility index (Phi) is 3.92. The van der Waals surface area contributed by atoms with Crippen molar-refractivity contribution >= 4 is 10.0 Å². The number of nitrogens with one attached hydrogen (secondary N) is 1. The van der Waals surface area contributed by atoms with Gasteiger partial charge in [-0.15, -0.1) is 0 Å². The highest BCUT2D eigenvalue weighted by Gasteiger charge is 2.52. The quantitative estimate of drug-likeness (QED) is 0.732. The van der Waals surface area contributed by atoms with E-state index < -0.39 is 15.3 Å². The normalized spacial score (nSPS) is 37.2. The molecule has 0 spiro atoms. The maximum atomic E-state index is 12.0. The first-order valence-corrected chi connectivity index (χ1v) is 7.84. The molecule has 2 rings (SSSR count). The second kappa shape index (κ2) is 5.13. The van der Waals surface area contributed by atoms with Crippen molar-refractivity contribution in [2.45, 2.75) is 49.6 Å². The lowest BCUT2D eigenvalue weighted by molar-refractivity contribution is -0.114. The molecule has 0 aromatic carbocycles. The molecule has 5 atom stereocenters. The minimum absolute atomic E-state index is 0.125. The van der Waals surface area contributed by atoms with Crippen LogP contribution in [0.25, 0.3) is 0 Å². The van der Waals surface area contributed by atoms with Crippen LogP contribution in [0.5, 0.6) is 0 Å². The van der Waals surface area contributed by atoms with E-state index in [4.69, 9.17) is 15.7 Å². The molecule has 102 valence electrons. The summed E-state index contributed by atoms with van der Waals surface area (Å²) in [6, 6.07) is 1.21. The number of nitriles is 1. The summed E-state index contributed by atoms with van der Waals surface area (Å²) < 4.78 is 32.0. The van der Waals surface area contributed by atoms with Crippen LogP contribution >= 0.6 is 0 Å². The molecule has 1 aliphatic heterocycles. The third kappa shape index (κ3) is 2.26. The molecule has 0 aromatic heterocycles. The molecule has 0 amide bonds. The molecule has 0 radical (unpaired) electrons. The average molecular weight is 273 g/mol. The lowest BCUT2D eigenvalue weighted by Crippen LogP contribution is -2.72. The summed E-state index contributed by atoms with van der Waals surface area (Å²) in [6.07, 6.45) is 2.10. The standard InChI is InChI=1S/C11H19N3O3S/c1-2-7(6-12)18(15,16)14-10-9(13)8-4-3-5-17-11(8)10/h7-11,14H,2-5,13H2,1H3. The number of hydrogen-bond donors (Lipinski definition) is 2. The number of ether oxygens (including phenoxy) is 1. The van der Waals surface area contributed by atoms with E-state index in [2.05, 4.69) is 4.72 Å². The smallest absolute Gasteiger partial charge is 0.228 e. The minimum atomic E-state index is -3.64. The van der Waals surface area contributed by atoms with Crippen molar-refractivity contribution in [3.8, 4) is 6.07 Å². The number of fused-ring (bicyclic) bond motifs is 1. The Labute approximate surface area is 108 Å². The first-order chi connectivity index (χ1) is 8.51. The first kappa shape index (κ1) is 13.7. The van der Waals surface area contributed by atoms with Gasteiger partial charge in [0.2, 0.25) is 10.0 Å². The molecule has 1 aliphatic carbocycles. The fraction of sp³-hybridized carbons (Fsp3) is 0.909. The molecule has 0 bridgehead atoms. The minimum Gasteiger partial charge on any atom is -0.376 e. The summed E-state index contributed by atoms with van der Waals surface area (Å²) in [7, 11) is -3.64. The third-order valence-electron chi connectivity index (χ3n) is 3.87. The van der Waals surface area contributed by atoms with Crippen LogP contribution in [0, 0.1) is 17.2 Å².